The van der Waals surface area contributed by atoms with Gasteiger partial charge in [-0.3, -0.25) is 0 Å². The lowest BCUT2D eigenvalue weighted by molar-refractivity contribution is 0.942. The van der Waals surface area contributed by atoms with Crippen molar-refractivity contribution in [2.45, 2.75) is 40.0 Å². The molecule has 0 radical (unpaired) electrons. The van der Waals surface area contributed by atoms with Crippen molar-refractivity contribution >= 4 is 43.9 Å². The van der Waals surface area contributed by atoms with Gasteiger partial charge in [-0.15, -0.1) is 22.7 Å². The molecule has 3 aromatic rings. The molecule has 0 spiro atoms. The summed E-state index contributed by atoms with van der Waals surface area (Å²) in [6, 6.07) is 11.3. The van der Waals surface area contributed by atoms with Crippen molar-refractivity contribution in [3.05, 3.63) is 56.1 Å². The molecule has 0 saturated heterocycles. The highest BCUT2D eigenvalue weighted by atomic mass is 32.1. The summed E-state index contributed by atoms with van der Waals surface area (Å²) in [6.45, 7) is 6.78. The van der Waals surface area contributed by atoms with Crippen LogP contribution in [0.5, 0.6) is 0 Å². The molecule has 2 heterocycles. The highest BCUT2D eigenvalue weighted by Gasteiger charge is 2.23. The van der Waals surface area contributed by atoms with E-state index >= 15 is 0 Å². The van der Waals surface area contributed by atoms with Gasteiger partial charge < -0.3 is 0 Å². The van der Waals surface area contributed by atoms with Crippen LogP contribution in [0.3, 0.4) is 0 Å². The number of allylic oxidation sites excluding steroid dienone is 2. The van der Waals surface area contributed by atoms with Crippen molar-refractivity contribution in [3.63, 3.8) is 0 Å². The SMILES string of the molecule is Cc1cc(C2=C(c3c(C)sc4ccccc34)CCC2)c(C)s1. The molecule has 0 fully saturated rings. The Kier molecular flexibility index (Phi) is 3.47. The van der Waals surface area contributed by atoms with E-state index in [9.17, 15) is 0 Å². The summed E-state index contributed by atoms with van der Waals surface area (Å²) in [5.74, 6) is 0. The van der Waals surface area contributed by atoms with Gasteiger partial charge in [0.1, 0.15) is 0 Å². The molecule has 0 bridgehead atoms. The Balaban J connectivity index is 1.98. The van der Waals surface area contributed by atoms with Gasteiger partial charge in [0.25, 0.3) is 0 Å². The molecule has 2 heteroatoms. The number of rotatable bonds is 2. The predicted molar refractivity (Wildman–Crippen MR) is 101 cm³/mol. The first-order valence-electron chi connectivity index (χ1n) is 7.93. The first kappa shape index (κ1) is 14.2. The monoisotopic (exact) mass is 324 g/mol. The molecule has 2 aromatic heterocycles. The average Bonchev–Trinajstić information content (AvgIpc) is 3.14. The predicted octanol–water partition coefficient (Wildman–Crippen LogP) is 6.98. The molecule has 0 saturated carbocycles. The summed E-state index contributed by atoms with van der Waals surface area (Å²) in [7, 11) is 0. The number of aryl methyl sites for hydroxylation is 3. The van der Waals surface area contributed by atoms with Gasteiger partial charge in [-0.2, -0.15) is 0 Å². The first-order chi connectivity index (χ1) is 10.6. The van der Waals surface area contributed by atoms with E-state index in [4.69, 9.17) is 0 Å². The fraction of sp³-hybridized carbons (Fsp3) is 0.300. The van der Waals surface area contributed by atoms with E-state index in [0.717, 1.165) is 0 Å². The number of fused-ring (bicyclic) bond motifs is 1. The summed E-state index contributed by atoms with van der Waals surface area (Å²) >= 11 is 3.87. The van der Waals surface area contributed by atoms with E-state index < -0.39 is 0 Å². The second-order valence-electron chi connectivity index (χ2n) is 6.17. The van der Waals surface area contributed by atoms with Crippen molar-refractivity contribution in [2.75, 3.05) is 0 Å². The molecule has 0 N–H and O–H groups in total. The van der Waals surface area contributed by atoms with E-state index in [-0.39, 0.29) is 0 Å². The lowest BCUT2D eigenvalue weighted by Gasteiger charge is -2.09. The normalized spacial score (nSPS) is 15.2. The Labute approximate surface area is 140 Å². The van der Waals surface area contributed by atoms with Crippen molar-refractivity contribution in [1.82, 2.24) is 0 Å². The maximum Gasteiger partial charge on any atom is 0.0351 e. The van der Waals surface area contributed by atoms with Gasteiger partial charge in [0.05, 0.1) is 0 Å². The zero-order valence-corrected chi connectivity index (χ0v) is 15.0. The van der Waals surface area contributed by atoms with Crippen molar-refractivity contribution in [1.29, 1.82) is 0 Å². The van der Waals surface area contributed by atoms with Crippen LogP contribution in [0.25, 0.3) is 21.2 Å². The van der Waals surface area contributed by atoms with Gasteiger partial charge in [-0.1, -0.05) is 18.2 Å². The van der Waals surface area contributed by atoms with Gasteiger partial charge in [-0.25, -0.2) is 0 Å². The minimum absolute atomic E-state index is 1.23. The van der Waals surface area contributed by atoms with Gasteiger partial charge in [0.15, 0.2) is 0 Å². The van der Waals surface area contributed by atoms with Gasteiger partial charge in [0, 0.05) is 24.7 Å². The lowest BCUT2D eigenvalue weighted by Crippen LogP contribution is -1.87. The molecule has 0 amide bonds. The van der Waals surface area contributed by atoms with Crippen LogP contribution in [0.1, 0.15) is 45.0 Å². The van der Waals surface area contributed by atoms with Crippen LogP contribution >= 0.6 is 22.7 Å². The Hall–Kier alpha value is -1.38. The Bertz CT molecular complexity index is 890. The molecule has 0 atom stereocenters. The molecule has 22 heavy (non-hydrogen) atoms. The molecular formula is C20H20S2. The third-order valence-electron chi connectivity index (χ3n) is 4.66. The van der Waals surface area contributed by atoms with Gasteiger partial charge in [-0.05, 0) is 74.4 Å². The topological polar surface area (TPSA) is 0 Å². The molecule has 1 aliphatic rings. The molecule has 4 rings (SSSR count). The van der Waals surface area contributed by atoms with E-state index in [2.05, 4.69) is 51.1 Å². The summed E-state index contributed by atoms with van der Waals surface area (Å²) in [4.78, 5) is 4.38. The van der Waals surface area contributed by atoms with Crippen molar-refractivity contribution < 1.29 is 0 Å². The van der Waals surface area contributed by atoms with E-state index in [0.29, 0.717) is 0 Å². The van der Waals surface area contributed by atoms with Crippen LogP contribution < -0.4 is 0 Å². The Morgan fingerprint density at radius 3 is 2.41 bits per heavy atom. The zero-order chi connectivity index (χ0) is 15.3. The van der Waals surface area contributed by atoms with Crippen LogP contribution in [0.15, 0.2) is 30.3 Å². The molecular weight excluding hydrogens is 304 g/mol. The highest BCUT2D eigenvalue weighted by molar-refractivity contribution is 7.19. The fourth-order valence-corrected chi connectivity index (χ4v) is 5.83. The van der Waals surface area contributed by atoms with Crippen molar-refractivity contribution in [3.8, 4) is 0 Å². The minimum Gasteiger partial charge on any atom is -0.145 e. The number of hydrogen-bond acceptors (Lipinski definition) is 2. The van der Waals surface area contributed by atoms with E-state index in [1.54, 1.807) is 11.1 Å². The maximum absolute atomic E-state index is 2.39. The van der Waals surface area contributed by atoms with Crippen LogP contribution in [0.4, 0.5) is 0 Å². The van der Waals surface area contributed by atoms with Gasteiger partial charge in [0.2, 0.25) is 0 Å². The smallest absolute Gasteiger partial charge is 0.0351 e. The fourth-order valence-electron chi connectivity index (χ4n) is 3.79. The standard InChI is InChI=1S/C20H20S2/c1-12-11-18(13(2)21-12)15-8-6-9-16(15)20-14(3)22-19-10-5-4-7-17(19)20/h4-5,7,10-11H,6,8-9H2,1-3H3. The molecule has 0 nitrogen and oxygen atoms in total. The third-order valence-corrected chi connectivity index (χ3v) is 6.71. The second kappa shape index (κ2) is 5.36. The van der Waals surface area contributed by atoms with Crippen LogP contribution in [0.2, 0.25) is 0 Å². The quantitative estimate of drug-likeness (QED) is 0.477. The Morgan fingerprint density at radius 1 is 0.864 bits per heavy atom. The number of thiophene rings is 2. The highest BCUT2D eigenvalue weighted by Crippen LogP contribution is 2.47. The summed E-state index contributed by atoms with van der Waals surface area (Å²) in [6.07, 6.45) is 3.75. The maximum atomic E-state index is 2.39. The average molecular weight is 325 g/mol. The molecule has 0 aliphatic heterocycles. The summed E-state index contributed by atoms with van der Waals surface area (Å²) < 4.78 is 1.42. The summed E-state index contributed by atoms with van der Waals surface area (Å²) in [5.41, 5.74) is 6.24. The zero-order valence-electron chi connectivity index (χ0n) is 13.3. The van der Waals surface area contributed by atoms with Crippen LogP contribution in [-0.2, 0) is 0 Å². The minimum atomic E-state index is 1.23. The van der Waals surface area contributed by atoms with Crippen LogP contribution in [-0.4, -0.2) is 0 Å². The Morgan fingerprint density at radius 2 is 1.64 bits per heavy atom. The molecule has 1 aromatic carbocycles. The largest absolute Gasteiger partial charge is 0.145 e. The van der Waals surface area contributed by atoms with E-state index in [1.807, 2.05) is 22.7 Å². The second-order valence-corrected chi connectivity index (χ2v) is 8.88. The lowest BCUT2D eigenvalue weighted by atomic mass is 9.95. The van der Waals surface area contributed by atoms with Crippen LogP contribution in [0, 0.1) is 20.8 Å². The molecule has 112 valence electrons. The molecule has 1 aliphatic carbocycles. The van der Waals surface area contributed by atoms with E-state index in [1.165, 1.54) is 55.1 Å². The molecule has 0 unspecified atom stereocenters. The number of benzene rings is 1. The summed E-state index contributed by atoms with van der Waals surface area (Å²) in [5, 5.41) is 1.45. The van der Waals surface area contributed by atoms with Crippen molar-refractivity contribution in [2.24, 2.45) is 0 Å². The number of hydrogen-bond donors (Lipinski definition) is 0. The van der Waals surface area contributed by atoms with Gasteiger partial charge >= 0.3 is 0 Å². The third kappa shape index (κ3) is 2.17. The first-order valence-corrected chi connectivity index (χ1v) is 9.56.